The van der Waals surface area contributed by atoms with Crippen molar-refractivity contribution in [2.24, 2.45) is 0 Å². The van der Waals surface area contributed by atoms with Gasteiger partial charge in [-0.25, -0.2) is 15.0 Å². The van der Waals surface area contributed by atoms with E-state index in [1.807, 2.05) is 12.3 Å². The van der Waals surface area contributed by atoms with E-state index < -0.39 is 0 Å². The highest BCUT2D eigenvalue weighted by atomic mass is 16.5. The molecule has 8 nitrogen and oxygen atoms in total. The van der Waals surface area contributed by atoms with Crippen molar-refractivity contribution in [2.75, 3.05) is 31.2 Å². The number of nitrogens with one attached hydrogen (secondary N) is 1. The number of amides is 1. The lowest BCUT2D eigenvalue weighted by atomic mass is 9.96. The maximum Gasteiger partial charge on any atom is 0.288 e. The predicted octanol–water partition coefficient (Wildman–Crippen LogP) is 1.37. The van der Waals surface area contributed by atoms with Gasteiger partial charge in [0.1, 0.15) is 0 Å². The second kappa shape index (κ2) is 7.18. The van der Waals surface area contributed by atoms with Crippen LogP contribution < -0.4 is 10.2 Å². The molecule has 1 N–H and O–H groups in total. The highest BCUT2D eigenvalue weighted by Crippen LogP contribution is 2.26. The Bertz CT molecular complexity index is 715. The summed E-state index contributed by atoms with van der Waals surface area (Å²) in [5, 5.41) is 2.97. The summed E-state index contributed by atoms with van der Waals surface area (Å²) >= 11 is 0. The number of aromatic nitrogens is 3. The summed E-state index contributed by atoms with van der Waals surface area (Å²) < 4.78 is 10.5. The quantitative estimate of drug-likeness (QED) is 0.896. The molecule has 25 heavy (non-hydrogen) atoms. The molecule has 4 heterocycles. The number of hydrogen-bond donors (Lipinski definition) is 1. The summed E-state index contributed by atoms with van der Waals surface area (Å²) in [6.07, 6.45) is 7.37. The number of carbonyl (C=O) groups is 1. The fraction of sp³-hybridized carbons (Fsp3) is 0.529. The van der Waals surface area contributed by atoms with Gasteiger partial charge in [0.15, 0.2) is 6.39 Å². The van der Waals surface area contributed by atoms with Gasteiger partial charge in [-0.15, -0.1) is 0 Å². The second-order valence-corrected chi connectivity index (χ2v) is 6.44. The highest BCUT2D eigenvalue weighted by molar-refractivity contribution is 5.91. The number of oxazole rings is 1. The molecule has 4 rings (SSSR count). The molecule has 2 aromatic rings. The third kappa shape index (κ3) is 3.63. The molecule has 2 aromatic heterocycles. The van der Waals surface area contributed by atoms with Crippen molar-refractivity contribution in [3.05, 3.63) is 36.3 Å². The SMILES string of the molecule is O=C(NC1CCN(c2nccc(C3CCOCC3)n2)C1)c1cnco1. The van der Waals surface area contributed by atoms with Crippen LogP contribution >= 0.6 is 0 Å². The molecule has 132 valence electrons. The van der Waals surface area contributed by atoms with Crippen LogP contribution in [0.15, 0.2) is 29.3 Å². The smallest absolute Gasteiger partial charge is 0.288 e. The van der Waals surface area contributed by atoms with Gasteiger partial charge in [0.2, 0.25) is 11.7 Å². The monoisotopic (exact) mass is 343 g/mol. The summed E-state index contributed by atoms with van der Waals surface area (Å²) in [6.45, 7) is 3.10. The summed E-state index contributed by atoms with van der Waals surface area (Å²) in [4.78, 5) is 27.1. The van der Waals surface area contributed by atoms with Gasteiger partial charge in [-0.05, 0) is 25.3 Å². The summed E-state index contributed by atoms with van der Waals surface area (Å²) in [5.74, 6) is 1.18. The Hall–Kier alpha value is -2.48. The van der Waals surface area contributed by atoms with Crippen molar-refractivity contribution < 1.29 is 13.9 Å². The molecule has 0 saturated carbocycles. The van der Waals surface area contributed by atoms with Crippen molar-refractivity contribution in [1.29, 1.82) is 0 Å². The third-order valence-corrected chi connectivity index (χ3v) is 4.77. The van der Waals surface area contributed by atoms with Gasteiger partial charge in [-0.1, -0.05) is 0 Å². The molecule has 1 unspecified atom stereocenters. The van der Waals surface area contributed by atoms with Crippen LogP contribution in [0.2, 0.25) is 0 Å². The van der Waals surface area contributed by atoms with E-state index in [9.17, 15) is 4.79 Å². The zero-order chi connectivity index (χ0) is 17.1. The molecule has 2 aliphatic rings. The van der Waals surface area contributed by atoms with E-state index in [0.29, 0.717) is 12.5 Å². The van der Waals surface area contributed by atoms with Gasteiger partial charge in [0.25, 0.3) is 5.91 Å². The molecular weight excluding hydrogens is 322 g/mol. The van der Waals surface area contributed by atoms with Gasteiger partial charge in [-0.3, -0.25) is 4.79 Å². The third-order valence-electron chi connectivity index (χ3n) is 4.77. The molecule has 2 aliphatic heterocycles. The van der Waals surface area contributed by atoms with Gasteiger partial charge >= 0.3 is 0 Å². The van der Waals surface area contributed by atoms with Crippen LogP contribution in [0.1, 0.15) is 41.4 Å². The lowest BCUT2D eigenvalue weighted by Gasteiger charge is -2.23. The van der Waals surface area contributed by atoms with Crippen LogP contribution in [0.3, 0.4) is 0 Å². The van der Waals surface area contributed by atoms with Gasteiger partial charge in [-0.2, -0.15) is 0 Å². The standard InChI is InChI=1S/C17H21N5O3/c23-16(15-9-18-11-25-15)20-13-2-6-22(10-13)17-19-5-1-14(21-17)12-3-7-24-8-4-12/h1,5,9,11-13H,2-4,6-8,10H2,(H,20,23). The molecule has 0 radical (unpaired) electrons. The van der Waals surface area contributed by atoms with Crippen molar-refractivity contribution in [1.82, 2.24) is 20.3 Å². The summed E-state index contributed by atoms with van der Waals surface area (Å²) in [6, 6.07) is 2.05. The van der Waals surface area contributed by atoms with E-state index in [-0.39, 0.29) is 17.7 Å². The minimum absolute atomic E-state index is 0.0490. The van der Waals surface area contributed by atoms with Crippen molar-refractivity contribution in [3.63, 3.8) is 0 Å². The van der Waals surface area contributed by atoms with Crippen molar-refractivity contribution in [3.8, 4) is 0 Å². The topological polar surface area (TPSA) is 93.4 Å². The minimum Gasteiger partial charge on any atom is -0.438 e. The Morgan fingerprint density at radius 1 is 1.28 bits per heavy atom. The Kier molecular flexibility index (Phi) is 4.60. The fourth-order valence-electron chi connectivity index (χ4n) is 3.38. The van der Waals surface area contributed by atoms with E-state index in [4.69, 9.17) is 14.1 Å². The molecule has 0 aliphatic carbocycles. The van der Waals surface area contributed by atoms with E-state index in [2.05, 4.69) is 20.2 Å². The molecule has 1 atom stereocenters. The summed E-state index contributed by atoms with van der Waals surface area (Å²) in [5.41, 5.74) is 1.09. The first kappa shape index (κ1) is 16.0. The Labute approximate surface area is 145 Å². The number of ether oxygens (including phenoxy) is 1. The number of hydrogen-bond acceptors (Lipinski definition) is 7. The maximum absolute atomic E-state index is 12.1. The first-order chi connectivity index (χ1) is 12.3. The molecule has 2 fully saturated rings. The molecule has 2 saturated heterocycles. The van der Waals surface area contributed by atoms with Crippen LogP contribution in [0.5, 0.6) is 0 Å². The molecule has 0 bridgehead atoms. The Morgan fingerprint density at radius 2 is 2.16 bits per heavy atom. The second-order valence-electron chi connectivity index (χ2n) is 6.44. The van der Waals surface area contributed by atoms with Crippen LogP contribution in [0, 0.1) is 0 Å². The van der Waals surface area contributed by atoms with Crippen LogP contribution in [-0.2, 0) is 4.74 Å². The predicted molar refractivity (Wildman–Crippen MR) is 89.4 cm³/mol. The lowest BCUT2D eigenvalue weighted by Crippen LogP contribution is -2.37. The number of rotatable bonds is 4. The lowest BCUT2D eigenvalue weighted by molar-refractivity contribution is 0.0845. The van der Waals surface area contributed by atoms with E-state index >= 15 is 0 Å². The van der Waals surface area contributed by atoms with Crippen LogP contribution in [0.25, 0.3) is 0 Å². The van der Waals surface area contributed by atoms with Gasteiger partial charge < -0.3 is 19.4 Å². The van der Waals surface area contributed by atoms with E-state index in [0.717, 1.165) is 50.7 Å². The van der Waals surface area contributed by atoms with E-state index in [1.54, 1.807) is 0 Å². The van der Waals surface area contributed by atoms with Gasteiger partial charge in [0.05, 0.1) is 6.20 Å². The number of anilines is 1. The first-order valence-corrected chi connectivity index (χ1v) is 8.64. The molecule has 0 aromatic carbocycles. The first-order valence-electron chi connectivity index (χ1n) is 8.64. The average Bonchev–Trinajstić information content (AvgIpc) is 3.35. The van der Waals surface area contributed by atoms with Crippen LogP contribution in [0.4, 0.5) is 5.95 Å². The molecule has 8 heteroatoms. The zero-order valence-electron chi connectivity index (χ0n) is 13.9. The minimum atomic E-state index is -0.235. The Balaban J connectivity index is 1.39. The van der Waals surface area contributed by atoms with Gasteiger partial charge in [0, 0.05) is 50.2 Å². The fourth-order valence-corrected chi connectivity index (χ4v) is 3.38. The molecule has 0 spiro atoms. The Morgan fingerprint density at radius 3 is 2.96 bits per heavy atom. The normalized spacial score (nSPS) is 21.4. The number of carbonyl (C=O) groups excluding carboxylic acids is 1. The van der Waals surface area contributed by atoms with E-state index in [1.165, 1.54) is 12.6 Å². The van der Waals surface area contributed by atoms with Crippen molar-refractivity contribution in [2.45, 2.75) is 31.2 Å². The molecular formula is C17H21N5O3. The average molecular weight is 343 g/mol. The largest absolute Gasteiger partial charge is 0.438 e. The molecule has 1 amide bonds. The number of nitrogens with zero attached hydrogens (tertiary/aromatic N) is 4. The highest BCUT2D eigenvalue weighted by Gasteiger charge is 2.27. The summed E-state index contributed by atoms with van der Waals surface area (Å²) in [7, 11) is 0. The zero-order valence-corrected chi connectivity index (χ0v) is 13.9. The van der Waals surface area contributed by atoms with Crippen LogP contribution in [-0.4, -0.2) is 53.2 Å². The maximum atomic E-state index is 12.1. The van der Waals surface area contributed by atoms with Crippen molar-refractivity contribution >= 4 is 11.9 Å².